The maximum atomic E-state index is 11.2. The molecular formula is C11H18O3. The van der Waals surface area contributed by atoms with Crippen LogP contribution in [0, 0.1) is 11.8 Å². The van der Waals surface area contributed by atoms with Gasteiger partial charge < -0.3 is 9.47 Å². The number of methoxy groups -OCH3 is 1. The first-order chi connectivity index (χ1) is 6.70. The lowest BCUT2D eigenvalue weighted by molar-refractivity contribution is -0.0621. The van der Waals surface area contributed by atoms with Crippen LogP contribution in [0.15, 0.2) is 0 Å². The van der Waals surface area contributed by atoms with E-state index in [4.69, 9.17) is 4.74 Å². The largest absolute Gasteiger partial charge is 0.508 e. The minimum Gasteiger partial charge on any atom is -0.438 e. The van der Waals surface area contributed by atoms with Gasteiger partial charge in [-0.15, -0.1) is 0 Å². The van der Waals surface area contributed by atoms with Gasteiger partial charge in [-0.05, 0) is 43.9 Å². The third-order valence-corrected chi connectivity index (χ3v) is 3.97. The molecule has 3 heteroatoms. The lowest BCUT2D eigenvalue weighted by Gasteiger charge is -2.35. The molecule has 3 nitrogen and oxygen atoms in total. The van der Waals surface area contributed by atoms with Crippen LogP contribution in [0.2, 0.25) is 0 Å². The van der Waals surface area contributed by atoms with Crippen molar-refractivity contribution >= 4 is 6.16 Å². The summed E-state index contributed by atoms with van der Waals surface area (Å²) in [5.74, 6) is 1.36. The third-order valence-electron chi connectivity index (χ3n) is 3.97. The van der Waals surface area contributed by atoms with Crippen LogP contribution < -0.4 is 0 Å². The van der Waals surface area contributed by atoms with E-state index in [0.29, 0.717) is 5.92 Å². The molecule has 0 N–H and O–H groups in total. The minimum absolute atomic E-state index is 0.198. The van der Waals surface area contributed by atoms with Gasteiger partial charge in [0.1, 0.15) is 5.60 Å². The molecule has 2 saturated carbocycles. The summed E-state index contributed by atoms with van der Waals surface area (Å²) in [6, 6.07) is 0. The molecule has 0 aliphatic heterocycles. The predicted octanol–water partition coefficient (Wildman–Crippen LogP) is 2.74. The van der Waals surface area contributed by atoms with E-state index in [1.165, 1.54) is 26.4 Å². The van der Waals surface area contributed by atoms with E-state index in [-0.39, 0.29) is 5.60 Å². The molecule has 0 radical (unpaired) electrons. The molecule has 0 saturated heterocycles. The molecule has 3 unspecified atom stereocenters. The van der Waals surface area contributed by atoms with Crippen molar-refractivity contribution in [3.05, 3.63) is 0 Å². The first kappa shape index (κ1) is 9.81. The van der Waals surface area contributed by atoms with Crippen LogP contribution in [-0.2, 0) is 9.47 Å². The van der Waals surface area contributed by atoms with E-state index < -0.39 is 6.16 Å². The van der Waals surface area contributed by atoms with E-state index in [1.54, 1.807) is 0 Å². The van der Waals surface area contributed by atoms with Crippen LogP contribution in [0.25, 0.3) is 0 Å². The lowest BCUT2D eigenvalue weighted by Crippen LogP contribution is -2.39. The lowest BCUT2D eigenvalue weighted by atomic mass is 9.82. The van der Waals surface area contributed by atoms with Crippen molar-refractivity contribution in [2.75, 3.05) is 7.11 Å². The first-order valence-corrected chi connectivity index (χ1v) is 5.47. The second-order valence-corrected chi connectivity index (χ2v) is 4.55. The molecule has 2 bridgehead atoms. The Morgan fingerprint density at radius 3 is 2.71 bits per heavy atom. The molecule has 0 aromatic rings. The number of carbonyl (C=O) groups excluding carboxylic acids is 1. The first-order valence-electron chi connectivity index (χ1n) is 5.47. The van der Waals surface area contributed by atoms with Crippen LogP contribution in [0.1, 0.15) is 39.0 Å². The molecule has 0 heterocycles. The van der Waals surface area contributed by atoms with Crippen molar-refractivity contribution in [1.82, 2.24) is 0 Å². The van der Waals surface area contributed by atoms with Gasteiger partial charge in [-0.3, -0.25) is 0 Å². The molecule has 2 rings (SSSR count). The van der Waals surface area contributed by atoms with E-state index in [2.05, 4.69) is 11.7 Å². The van der Waals surface area contributed by atoms with Crippen molar-refractivity contribution in [2.45, 2.75) is 44.6 Å². The summed E-state index contributed by atoms with van der Waals surface area (Å²) in [6.07, 6.45) is 5.23. The summed E-state index contributed by atoms with van der Waals surface area (Å²) in [5.41, 5.74) is -0.198. The molecule has 0 aromatic carbocycles. The van der Waals surface area contributed by atoms with Gasteiger partial charge in [0.15, 0.2) is 0 Å². The zero-order valence-electron chi connectivity index (χ0n) is 8.91. The van der Waals surface area contributed by atoms with Gasteiger partial charge in [0.05, 0.1) is 7.11 Å². The second-order valence-electron chi connectivity index (χ2n) is 4.55. The molecule has 2 fully saturated rings. The Hall–Kier alpha value is -0.730. The quantitative estimate of drug-likeness (QED) is 0.640. The Balaban J connectivity index is 2.07. The summed E-state index contributed by atoms with van der Waals surface area (Å²) in [7, 11) is 1.37. The van der Waals surface area contributed by atoms with E-state index in [0.717, 1.165) is 18.8 Å². The van der Waals surface area contributed by atoms with Crippen LogP contribution in [0.5, 0.6) is 0 Å². The third kappa shape index (κ3) is 1.39. The van der Waals surface area contributed by atoms with Crippen LogP contribution >= 0.6 is 0 Å². The summed E-state index contributed by atoms with van der Waals surface area (Å²) in [6.45, 7) is 2.10. The fourth-order valence-electron chi connectivity index (χ4n) is 3.23. The number of carbonyl (C=O) groups is 1. The predicted molar refractivity (Wildman–Crippen MR) is 52.0 cm³/mol. The van der Waals surface area contributed by atoms with E-state index in [1.807, 2.05) is 0 Å². The summed E-state index contributed by atoms with van der Waals surface area (Å²) >= 11 is 0. The van der Waals surface area contributed by atoms with Crippen LogP contribution in [0.3, 0.4) is 0 Å². The van der Waals surface area contributed by atoms with Crippen LogP contribution in [-0.4, -0.2) is 18.9 Å². The number of ether oxygens (including phenoxy) is 2. The standard InChI is InChI=1S/C11H18O3/c1-3-11(14-10(12)13-2)7-8-4-5-9(11)6-8/h8-9H,3-7H2,1-2H3. The van der Waals surface area contributed by atoms with E-state index >= 15 is 0 Å². The molecule has 14 heavy (non-hydrogen) atoms. The number of fused-ring (bicyclic) bond motifs is 2. The van der Waals surface area contributed by atoms with Gasteiger partial charge in [0.2, 0.25) is 0 Å². The van der Waals surface area contributed by atoms with Crippen LogP contribution in [0.4, 0.5) is 4.79 Å². The smallest absolute Gasteiger partial charge is 0.438 e. The average Bonchev–Trinajstić information content (AvgIpc) is 2.77. The Morgan fingerprint density at radius 1 is 1.50 bits per heavy atom. The van der Waals surface area contributed by atoms with Crippen molar-refractivity contribution in [3.63, 3.8) is 0 Å². The zero-order chi connectivity index (χ0) is 10.2. The van der Waals surface area contributed by atoms with Gasteiger partial charge in [0.25, 0.3) is 0 Å². The Labute approximate surface area is 84.8 Å². The SMILES string of the molecule is CCC1(OC(=O)OC)CC2CCC1C2. The summed E-state index contributed by atoms with van der Waals surface area (Å²) < 4.78 is 10.1. The molecule has 3 atom stereocenters. The van der Waals surface area contributed by atoms with Crippen molar-refractivity contribution in [3.8, 4) is 0 Å². The summed E-state index contributed by atoms with van der Waals surface area (Å²) in [4.78, 5) is 11.2. The van der Waals surface area contributed by atoms with Crippen molar-refractivity contribution in [1.29, 1.82) is 0 Å². The highest BCUT2D eigenvalue weighted by Gasteiger charge is 2.52. The fourth-order valence-corrected chi connectivity index (χ4v) is 3.23. The van der Waals surface area contributed by atoms with Gasteiger partial charge in [-0.25, -0.2) is 4.79 Å². The van der Waals surface area contributed by atoms with Crippen molar-refractivity contribution in [2.24, 2.45) is 11.8 Å². The highest BCUT2D eigenvalue weighted by atomic mass is 16.7. The number of rotatable bonds is 2. The van der Waals surface area contributed by atoms with Gasteiger partial charge in [-0.1, -0.05) is 6.92 Å². The van der Waals surface area contributed by atoms with Gasteiger partial charge in [-0.2, -0.15) is 0 Å². The highest BCUT2D eigenvalue weighted by Crippen LogP contribution is 2.54. The van der Waals surface area contributed by atoms with E-state index in [9.17, 15) is 4.79 Å². The monoisotopic (exact) mass is 198 g/mol. The summed E-state index contributed by atoms with van der Waals surface area (Å²) in [5, 5.41) is 0. The second kappa shape index (κ2) is 3.44. The van der Waals surface area contributed by atoms with Gasteiger partial charge >= 0.3 is 6.16 Å². The Morgan fingerprint density at radius 2 is 2.29 bits per heavy atom. The number of hydrogen-bond donors (Lipinski definition) is 0. The van der Waals surface area contributed by atoms with Crippen molar-refractivity contribution < 1.29 is 14.3 Å². The van der Waals surface area contributed by atoms with Gasteiger partial charge in [0, 0.05) is 0 Å². The molecule has 2 aliphatic rings. The molecule has 0 spiro atoms. The maximum absolute atomic E-state index is 11.2. The molecule has 2 aliphatic carbocycles. The normalized spacial score (nSPS) is 39.9. The Kier molecular flexibility index (Phi) is 2.41. The maximum Gasteiger partial charge on any atom is 0.508 e. The highest BCUT2D eigenvalue weighted by molar-refractivity contribution is 5.60. The fraction of sp³-hybridized carbons (Fsp3) is 0.909. The Bertz CT molecular complexity index is 239. The minimum atomic E-state index is -0.514. The molecule has 0 amide bonds. The molecule has 80 valence electrons. The average molecular weight is 198 g/mol. The zero-order valence-corrected chi connectivity index (χ0v) is 8.91. The molecular weight excluding hydrogens is 180 g/mol. The molecule has 0 aromatic heterocycles. The number of hydrogen-bond acceptors (Lipinski definition) is 3. The topological polar surface area (TPSA) is 35.5 Å².